The van der Waals surface area contributed by atoms with Gasteiger partial charge in [0.05, 0.1) is 0 Å². The van der Waals surface area contributed by atoms with Crippen LogP contribution in [0.4, 0.5) is 13.2 Å². The monoisotopic (exact) mass is 379 g/mol. The van der Waals surface area contributed by atoms with Crippen molar-refractivity contribution in [3.05, 3.63) is 0 Å². The normalized spacial score (nSPS) is 21.7. The molecule has 0 spiro atoms. The number of halogens is 8. The third-order valence-corrected chi connectivity index (χ3v) is 4.78. The fraction of sp³-hybridized carbons (Fsp3) is 0.875. The molecule has 1 atom stereocenters. The molecule has 0 fully saturated rings. The zero-order valence-electron chi connectivity index (χ0n) is 9.60. The Morgan fingerprint density at radius 3 is 1.89 bits per heavy atom. The van der Waals surface area contributed by atoms with Crippen LogP contribution in [0.25, 0.3) is 0 Å². The lowest BCUT2D eigenvalue weighted by atomic mass is 10.2. The van der Waals surface area contributed by atoms with Gasteiger partial charge < -0.3 is 0 Å². The van der Waals surface area contributed by atoms with E-state index in [0.29, 0.717) is 6.34 Å². The zero-order chi connectivity index (χ0) is 15.2. The smallest absolute Gasteiger partial charge is 0.267 e. The molecule has 0 bridgehead atoms. The van der Waals surface area contributed by atoms with Crippen molar-refractivity contribution in [1.82, 2.24) is 9.91 Å². The highest BCUT2D eigenvalue weighted by Gasteiger charge is 2.62. The molecule has 112 valence electrons. The van der Waals surface area contributed by atoms with Crippen LogP contribution in [0.15, 0.2) is 5.10 Å². The van der Waals surface area contributed by atoms with Crippen molar-refractivity contribution in [2.75, 3.05) is 0 Å². The summed E-state index contributed by atoms with van der Waals surface area (Å²) in [6.45, 7) is 3.21. The van der Waals surface area contributed by atoms with Gasteiger partial charge in [-0.3, -0.25) is 5.01 Å². The molecule has 0 N–H and O–H groups in total. The summed E-state index contributed by atoms with van der Waals surface area (Å²) in [4.78, 5) is -0.102. The number of hydrazone groups is 1. The lowest BCUT2D eigenvalue weighted by Gasteiger charge is -2.42. The number of alkyl halides is 8. The molecular weight excluding hydrogens is 372 g/mol. The molecule has 0 aromatic rings. The maximum atomic E-state index is 12.9. The van der Waals surface area contributed by atoms with Gasteiger partial charge in [-0.15, -0.1) is 13.2 Å². The van der Waals surface area contributed by atoms with E-state index in [4.69, 9.17) is 58.0 Å². The number of nitrogens with zero attached hydrogens (tertiary/aromatic N) is 3. The van der Waals surface area contributed by atoms with E-state index in [1.54, 1.807) is 13.8 Å². The van der Waals surface area contributed by atoms with Crippen molar-refractivity contribution < 1.29 is 13.2 Å². The minimum atomic E-state index is -4.76. The quantitative estimate of drug-likeness (QED) is 0.523. The molecule has 0 aliphatic carbocycles. The molecule has 1 unspecified atom stereocenters. The average molecular weight is 381 g/mol. The van der Waals surface area contributed by atoms with Gasteiger partial charge in [-0.05, 0) is 13.8 Å². The van der Waals surface area contributed by atoms with Crippen molar-refractivity contribution in [3.8, 4) is 0 Å². The molecule has 1 rings (SSSR count). The molecule has 0 aromatic carbocycles. The van der Waals surface area contributed by atoms with Crippen molar-refractivity contribution >= 4 is 64.3 Å². The standard InChI is InChI=1S/C8H9Cl5F3N3/c1-4(2)19-5(6(9,10)7(11,12)13)18(3-17-19)8(14,15)16/h3-5H,1-2H3. The van der Waals surface area contributed by atoms with Crippen LogP contribution in [-0.4, -0.2) is 42.9 Å². The van der Waals surface area contributed by atoms with E-state index in [-0.39, 0.29) is 4.90 Å². The Kier molecular flexibility index (Phi) is 4.96. The zero-order valence-corrected chi connectivity index (χ0v) is 13.4. The van der Waals surface area contributed by atoms with Crippen molar-refractivity contribution in [3.63, 3.8) is 0 Å². The van der Waals surface area contributed by atoms with Crippen LogP contribution in [-0.2, 0) is 0 Å². The molecular formula is C8H9Cl5F3N3. The Bertz CT molecular complexity index is 366. The predicted molar refractivity (Wildman–Crippen MR) is 71.9 cm³/mol. The van der Waals surface area contributed by atoms with Crippen LogP contribution in [0, 0.1) is 0 Å². The second kappa shape index (κ2) is 5.37. The summed E-state index contributed by atoms with van der Waals surface area (Å²) in [6.07, 6.45) is -5.90. The molecule has 1 aliphatic heterocycles. The summed E-state index contributed by atoms with van der Waals surface area (Å²) in [5, 5.41) is 4.64. The molecule has 19 heavy (non-hydrogen) atoms. The molecule has 0 saturated heterocycles. The van der Waals surface area contributed by atoms with Gasteiger partial charge in [-0.25, -0.2) is 4.90 Å². The Balaban J connectivity index is 3.23. The third-order valence-electron chi connectivity index (χ3n) is 2.35. The summed E-state index contributed by atoms with van der Waals surface area (Å²) < 4.78 is 34.1. The summed E-state index contributed by atoms with van der Waals surface area (Å²) in [6, 6.07) is -0.433. The minimum absolute atomic E-state index is 0.102. The molecule has 0 amide bonds. The van der Waals surface area contributed by atoms with Crippen LogP contribution in [0.1, 0.15) is 13.8 Å². The number of hydrogen-bond acceptors (Lipinski definition) is 3. The van der Waals surface area contributed by atoms with Gasteiger partial charge >= 0.3 is 6.30 Å². The lowest BCUT2D eigenvalue weighted by Crippen LogP contribution is -2.61. The highest BCUT2D eigenvalue weighted by Crippen LogP contribution is 2.52. The molecule has 1 aliphatic rings. The largest absolute Gasteiger partial charge is 0.487 e. The van der Waals surface area contributed by atoms with Crippen LogP contribution in [0.2, 0.25) is 0 Å². The summed E-state index contributed by atoms with van der Waals surface area (Å²) in [7, 11) is 0. The van der Waals surface area contributed by atoms with Gasteiger partial charge in [-0.2, -0.15) is 5.10 Å². The minimum Gasteiger partial charge on any atom is -0.267 e. The van der Waals surface area contributed by atoms with Gasteiger partial charge in [0.15, 0.2) is 6.17 Å². The first-order valence-electron chi connectivity index (χ1n) is 4.92. The number of hydrogen-bond donors (Lipinski definition) is 0. The predicted octanol–water partition coefficient (Wildman–Crippen LogP) is 4.35. The average Bonchev–Trinajstić information content (AvgIpc) is 2.58. The topological polar surface area (TPSA) is 18.8 Å². The van der Waals surface area contributed by atoms with E-state index >= 15 is 0 Å². The summed E-state index contributed by atoms with van der Waals surface area (Å²) in [5.41, 5.74) is 0. The van der Waals surface area contributed by atoms with E-state index in [0.717, 1.165) is 5.01 Å². The van der Waals surface area contributed by atoms with Crippen LogP contribution in [0.5, 0.6) is 0 Å². The second-order valence-corrected chi connectivity index (χ2v) is 7.74. The first-order chi connectivity index (χ1) is 8.30. The van der Waals surface area contributed by atoms with Crippen LogP contribution < -0.4 is 0 Å². The third kappa shape index (κ3) is 3.40. The van der Waals surface area contributed by atoms with Crippen molar-refractivity contribution in [2.45, 2.75) is 40.5 Å². The van der Waals surface area contributed by atoms with E-state index in [2.05, 4.69) is 5.10 Å². The van der Waals surface area contributed by atoms with E-state index in [1.807, 2.05) is 0 Å². The van der Waals surface area contributed by atoms with Gasteiger partial charge in [0, 0.05) is 6.04 Å². The second-order valence-electron chi connectivity index (χ2n) is 4.07. The number of rotatable bonds is 2. The highest BCUT2D eigenvalue weighted by atomic mass is 35.6. The molecule has 0 aromatic heterocycles. The highest BCUT2D eigenvalue weighted by molar-refractivity contribution is 6.75. The Morgan fingerprint density at radius 2 is 1.58 bits per heavy atom. The SMILES string of the molecule is CC(C)N1N=CN(C(F)(F)F)C1C(Cl)(Cl)C(Cl)(Cl)Cl. The molecule has 1 heterocycles. The van der Waals surface area contributed by atoms with Gasteiger partial charge in [0.1, 0.15) is 6.34 Å². The first-order valence-corrected chi connectivity index (χ1v) is 6.81. The maximum absolute atomic E-state index is 12.9. The fourth-order valence-corrected chi connectivity index (χ4v) is 2.18. The van der Waals surface area contributed by atoms with Crippen molar-refractivity contribution in [2.24, 2.45) is 5.10 Å². The van der Waals surface area contributed by atoms with Gasteiger partial charge in [-0.1, -0.05) is 58.0 Å². The Labute approximate surface area is 133 Å². The molecule has 0 radical (unpaired) electrons. The van der Waals surface area contributed by atoms with Gasteiger partial charge in [0.25, 0.3) is 0 Å². The first kappa shape index (κ1) is 17.6. The molecule has 3 nitrogen and oxygen atoms in total. The summed E-state index contributed by atoms with van der Waals surface area (Å²) in [5.74, 6) is 0. The van der Waals surface area contributed by atoms with E-state index in [1.165, 1.54) is 0 Å². The van der Waals surface area contributed by atoms with Crippen LogP contribution in [0.3, 0.4) is 0 Å². The maximum Gasteiger partial charge on any atom is 0.487 e. The van der Waals surface area contributed by atoms with E-state index in [9.17, 15) is 13.2 Å². The fourth-order valence-electron chi connectivity index (χ4n) is 1.48. The van der Waals surface area contributed by atoms with Crippen LogP contribution >= 0.6 is 58.0 Å². The van der Waals surface area contributed by atoms with Gasteiger partial charge in [0.2, 0.25) is 8.13 Å². The van der Waals surface area contributed by atoms with E-state index < -0.39 is 26.6 Å². The molecule has 11 heteroatoms. The lowest BCUT2D eigenvalue weighted by molar-refractivity contribution is -0.237. The molecule has 0 saturated carbocycles. The Morgan fingerprint density at radius 1 is 1.11 bits per heavy atom. The summed E-state index contributed by atoms with van der Waals surface area (Å²) >= 11 is 28.5. The Hall–Kier alpha value is 0.510. The van der Waals surface area contributed by atoms with Crippen molar-refractivity contribution in [1.29, 1.82) is 0 Å².